The van der Waals surface area contributed by atoms with Crippen LogP contribution in [0.3, 0.4) is 0 Å². The van der Waals surface area contributed by atoms with Gasteiger partial charge in [-0.25, -0.2) is 4.79 Å². The third-order valence-corrected chi connectivity index (χ3v) is 8.78. The molecule has 1 aliphatic heterocycles. The molecule has 11 nitrogen and oxygen atoms in total. The summed E-state index contributed by atoms with van der Waals surface area (Å²) in [7, 11) is 1.45. The quantitative estimate of drug-likeness (QED) is 0.148. The number of allylic oxidation sites excluding steroid dienone is 7. The molecule has 3 rings (SSSR count). The standard InChI is InChI=1S/C36H48N2O9/c1-22-14-13-18-27-32(42)28(21-30(40)33(27)43)38-31(41)20-26(46-4)17-11-6-5-7-12-19-29(39)23(2)34(22)47-36(45)24(3)37-35(44)25-15-9-8-10-16-25/h5-7,11-12,14,17,21,23-26,29,34,39,42H,8-10,13,15-16,18-20H2,1-4H3,(H,37,44)(H,38,41)/b6-5-,12-7-,17-11-,22-14-/t23-,24+,26-,29-,34+/m0/s1. The second kappa shape index (κ2) is 18.3. The van der Waals surface area contributed by atoms with E-state index in [1.54, 1.807) is 63.3 Å². The molecule has 0 aromatic rings. The summed E-state index contributed by atoms with van der Waals surface area (Å²) in [6, 6.07) is -0.907. The zero-order valence-corrected chi connectivity index (χ0v) is 27.7. The van der Waals surface area contributed by atoms with E-state index in [4.69, 9.17) is 9.47 Å². The molecule has 1 heterocycles. The lowest BCUT2D eigenvalue weighted by atomic mass is 9.88. The number of aliphatic hydroxyl groups excluding tert-OH is 2. The molecule has 1 fully saturated rings. The van der Waals surface area contributed by atoms with E-state index in [0.717, 1.165) is 38.2 Å². The molecule has 0 aromatic carbocycles. The van der Waals surface area contributed by atoms with Crippen LogP contribution >= 0.6 is 0 Å². The summed E-state index contributed by atoms with van der Waals surface area (Å²) in [6.45, 7) is 5.06. The number of carbonyl (C=O) groups excluding carboxylic acids is 5. The Bertz CT molecular complexity index is 1360. The van der Waals surface area contributed by atoms with Gasteiger partial charge in [-0.2, -0.15) is 0 Å². The molecular weight excluding hydrogens is 604 g/mol. The Morgan fingerprint density at radius 3 is 2.47 bits per heavy atom. The number of hydrogen-bond acceptors (Lipinski definition) is 9. The molecule has 2 amide bonds. The van der Waals surface area contributed by atoms with Crippen molar-refractivity contribution >= 4 is 29.4 Å². The lowest BCUT2D eigenvalue weighted by Gasteiger charge is -2.30. The van der Waals surface area contributed by atoms with Crippen LogP contribution in [0.25, 0.3) is 0 Å². The van der Waals surface area contributed by atoms with Gasteiger partial charge in [0, 0.05) is 30.6 Å². The van der Waals surface area contributed by atoms with E-state index in [2.05, 4.69) is 10.6 Å². The monoisotopic (exact) mass is 652 g/mol. The van der Waals surface area contributed by atoms with Gasteiger partial charge in [-0.1, -0.05) is 68.7 Å². The van der Waals surface area contributed by atoms with Gasteiger partial charge in [-0.3, -0.25) is 19.2 Å². The van der Waals surface area contributed by atoms with Gasteiger partial charge in [0.05, 0.1) is 24.3 Å². The molecule has 0 spiro atoms. The van der Waals surface area contributed by atoms with Crippen LogP contribution in [0, 0.1) is 11.8 Å². The molecule has 0 radical (unpaired) electrons. The number of methoxy groups -OCH3 is 1. The van der Waals surface area contributed by atoms with Gasteiger partial charge in [0.15, 0.2) is 0 Å². The molecule has 0 unspecified atom stereocenters. The molecule has 0 aromatic heterocycles. The number of fused-ring (bicyclic) bond motifs is 1. The van der Waals surface area contributed by atoms with E-state index >= 15 is 0 Å². The minimum absolute atomic E-state index is 0.0375. The second-order valence-corrected chi connectivity index (χ2v) is 12.4. The molecule has 2 aliphatic carbocycles. The van der Waals surface area contributed by atoms with Crippen LogP contribution in [0.2, 0.25) is 0 Å². The summed E-state index contributed by atoms with van der Waals surface area (Å²) in [6.07, 6.45) is 15.6. The predicted molar refractivity (Wildman–Crippen MR) is 176 cm³/mol. The highest BCUT2D eigenvalue weighted by molar-refractivity contribution is 6.48. The lowest BCUT2D eigenvalue weighted by Crippen LogP contribution is -2.45. The summed E-state index contributed by atoms with van der Waals surface area (Å²) in [5.41, 5.74) is 0.264. The SMILES string of the molecule is CO[C@H]1\C=C/C=C\C=C/C[C@H](O)[C@H](C)[C@H](OC(=O)[C@@H](C)NC(=O)C2CCCCC2)/C(C)=C\CCC2=C(O)C(=CC(=O)C2=O)NC(=O)C1. The third-order valence-electron chi connectivity index (χ3n) is 8.78. The molecule has 1 saturated carbocycles. The Morgan fingerprint density at radius 1 is 1.06 bits per heavy atom. The molecule has 47 heavy (non-hydrogen) atoms. The zero-order valence-electron chi connectivity index (χ0n) is 27.7. The third kappa shape index (κ3) is 11.0. The van der Waals surface area contributed by atoms with Gasteiger partial charge in [-0.15, -0.1) is 0 Å². The topological polar surface area (TPSA) is 168 Å². The van der Waals surface area contributed by atoms with Gasteiger partial charge < -0.3 is 30.3 Å². The van der Waals surface area contributed by atoms with Crippen molar-refractivity contribution in [3.63, 3.8) is 0 Å². The van der Waals surface area contributed by atoms with Crippen molar-refractivity contribution in [2.75, 3.05) is 7.11 Å². The van der Waals surface area contributed by atoms with Crippen molar-refractivity contribution in [2.45, 2.75) is 103 Å². The first-order valence-electron chi connectivity index (χ1n) is 16.3. The maximum Gasteiger partial charge on any atom is 0.328 e. The molecule has 256 valence electrons. The second-order valence-electron chi connectivity index (χ2n) is 12.4. The lowest BCUT2D eigenvalue weighted by molar-refractivity contribution is -0.155. The maximum atomic E-state index is 13.2. The molecule has 0 saturated heterocycles. The van der Waals surface area contributed by atoms with Crippen molar-refractivity contribution < 1.29 is 43.7 Å². The van der Waals surface area contributed by atoms with Crippen LogP contribution in [0.1, 0.15) is 78.6 Å². The fraction of sp³-hybridized carbons (Fsp3) is 0.528. The Labute approximate surface area is 276 Å². The summed E-state index contributed by atoms with van der Waals surface area (Å²) in [5, 5.41) is 27.2. The van der Waals surface area contributed by atoms with Gasteiger partial charge in [0.1, 0.15) is 17.9 Å². The number of carbonyl (C=O) groups is 5. The fourth-order valence-corrected chi connectivity index (χ4v) is 5.81. The summed E-state index contributed by atoms with van der Waals surface area (Å²) in [4.78, 5) is 63.9. The smallest absolute Gasteiger partial charge is 0.328 e. The van der Waals surface area contributed by atoms with Crippen LogP contribution in [0.15, 0.2) is 71.2 Å². The van der Waals surface area contributed by atoms with Crippen molar-refractivity contribution in [3.8, 4) is 0 Å². The Kier molecular flexibility index (Phi) is 14.6. The Hall–Kier alpha value is -4.09. The number of Topliss-reactive ketones (excluding diaryl/α,β-unsaturated/α-hetero) is 1. The molecule has 5 atom stereocenters. The number of ether oxygens (including phenoxy) is 2. The minimum atomic E-state index is -0.907. The number of amides is 2. The van der Waals surface area contributed by atoms with E-state index < -0.39 is 59.5 Å². The van der Waals surface area contributed by atoms with E-state index in [-0.39, 0.29) is 48.8 Å². The first-order valence-corrected chi connectivity index (χ1v) is 16.3. The van der Waals surface area contributed by atoms with Gasteiger partial charge >= 0.3 is 5.97 Å². The van der Waals surface area contributed by atoms with E-state index in [9.17, 15) is 34.2 Å². The number of hydrogen-bond donors (Lipinski definition) is 4. The highest BCUT2D eigenvalue weighted by Gasteiger charge is 2.33. The van der Waals surface area contributed by atoms with Crippen LogP contribution in [0.4, 0.5) is 0 Å². The van der Waals surface area contributed by atoms with Crippen LogP contribution in [-0.2, 0) is 33.4 Å². The average Bonchev–Trinajstić information content (AvgIpc) is 3.05. The normalized spacial score (nSPS) is 29.6. The maximum absolute atomic E-state index is 13.2. The number of ketones is 2. The predicted octanol–water partition coefficient (Wildman–Crippen LogP) is 4.15. The van der Waals surface area contributed by atoms with Crippen molar-refractivity contribution in [1.29, 1.82) is 0 Å². The van der Waals surface area contributed by atoms with Crippen molar-refractivity contribution in [2.24, 2.45) is 11.8 Å². The Balaban J connectivity index is 1.87. The number of nitrogens with one attached hydrogen (secondary N) is 2. The molecule has 3 aliphatic rings. The van der Waals surface area contributed by atoms with Gasteiger partial charge in [0.2, 0.25) is 23.4 Å². The Morgan fingerprint density at radius 2 is 1.77 bits per heavy atom. The highest BCUT2D eigenvalue weighted by atomic mass is 16.5. The fourth-order valence-electron chi connectivity index (χ4n) is 5.81. The molecular formula is C36H48N2O9. The van der Waals surface area contributed by atoms with Crippen LogP contribution in [-0.4, -0.2) is 71.0 Å². The first-order chi connectivity index (χ1) is 22.4. The largest absolute Gasteiger partial charge is 0.505 e. The van der Waals surface area contributed by atoms with Crippen molar-refractivity contribution in [3.05, 3.63) is 71.2 Å². The van der Waals surface area contributed by atoms with E-state index in [0.29, 0.717) is 5.57 Å². The summed E-state index contributed by atoms with van der Waals surface area (Å²) >= 11 is 0. The number of rotatable bonds is 5. The van der Waals surface area contributed by atoms with Gasteiger partial charge in [-0.05, 0) is 51.5 Å². The van der Waals surface area contributed by atoms with E-state index in [1.807, 2.05) is 0 Å². The van der Waals surface area contributed by atoms with Crippen LogP contribution < -0.4 is 10.6 Å². The minimum Gasteiger partial charge on any atom is -0.505 e. The summed E-state index contributed by atoms with van der Waals surface area (Å²) in [5.74, 6) is -4.27. The van der Waals surface area contributed by atoms with Crippen LogP contribution in [0.5, 0.6) is 0 Å². The average molecular weight is 653 g/mol. The summed E-state index contributed by atoms with van der Waals surface area (Å²) < 4.78 is 11.3. The molecule has 2 bridgehead atoms. The molecule has 11 heteroatoms. The van der Waals surface area contributed by atoms with Gasteiger partial charge in [0.25, 0.3) is 0 Å². The van der Waals surface area contributed by atoms with E-state index in [1.165, 1.54) is 7.11 Å². The highest BCUT2D eigenvalue weighted by Crippen LogP contribution is 2.27. The first kappa shape index (κ1) is 37.4. The number of esters is 1. The van der Waals surface area contributed by atoms with Crippen molar-refractivity contribution in [1.82, 2.24) is 10.6 Å². The number of aliphatic hydroxyl groups is 2. The zero-order chi connectivity index (χ0) is 34.5. The molecule has 4 N–H and O–H groups in total.